The molecule has 146 valence electrons. The monoisotopic (exact) mass is 481 g/mol. The van der Waals surface area contributed by atoms with Gasteiger partial charge in [-0.3, -0.25) is 4.79 Å². The number of anilines is 1. The fourth-order valence-electron chi connectivity index (χ4n) is 2.22. The molecule has 0 atom stereocenters. The van der Waals surface area contributed by atoms with Crippen LogP contribution in [0.5, 0.6) is 5.75 Å². The Kier molecular flexibility index (Phi) is 7.36. The van der Waals surface area contributed by atoms with Gasteiger partial charge in [0, 0.05) is 10.2 Å². The highest BCUT2D eigenvalue weighted by Crippen LogP contribution is 2.26. The van der Waals surface area contributed by atoms with Crippen molar-refractivity contribution in [2.75, 3.05) is 11.1 Å². The number of carbonyl (C=O) groups excluding carboxylic acids is 1. The number of nitrogens with one attached hydrogen (secondary N) is 1. The molecule has 9 heteroatoms. The summed E-state index contributed by atoms with van der Waals surface area (Å²) in [6.45, 7) is 2.27. The molecule has 0 fully saturated rings. The predicted molar refractivity (Wildman–Crippen MR) is 113 cm³/mol. The summed E-state index contributed by atoms with van der Waals surface area (Å²) in [5.41, 5.74) is 1.86. The molecule has 0 radical (unpaired) electrons. The van der Waals surface area contributed by atoms with Gasteiger partial charge in [-0.05, 0) is 58.2 Å². The van der Waals surface area contributed by atoms with Gasteiger partial charge in [-0.15, -0.1) is 10.2 Å². The van der Waals surface area contributed by atoms with E-state index in [1.54, 1.807) is 18.2 Å². The normalized spacial score (nSPS) is 10.7. The number of rotatable bonds is 8. The number of amides is 1. The van der Waals surface area contributed by atoms with Gasteiger partial charge in [0.05, 0.1) is 10.8 Å². The van der Waals surface area contributed by atoms with Gasteiger partial charge >= 0.3 is 0 Å². The van der Waals surface area contributed by atoms with E-state index in [9.17, 15) is 4.79 Å². The molecule has 1 amide bonds. The number of thioether (sulfide) groups is 1. The van der Waals surface area contributed by atoms with Crippen molar-refractivity contribution < 1.29 is 13.9 Å². The van der Waals surface area contributed by atoms with Crippen molar-refractivity contribution in [3.05, 3.63) is 63.4 Å². The van der Waals surface area contributed by atoms with Crippen LogP contribution in [0.4, 0.5) is 5.69 Å². The highest BCUT2D eigenvalue weighted by Gasteiger charge is 2.11. The number of aryl methyl sites for hydroxylation is 1. The lowest BCUT2D eigenvalue weighted by atomic mass is 10.2. The molecule has 0 aliphatic rings. The van der Waals surface area contributed by atoms with Gasteiger partial charge in [-0.2, -0.15) is 0 Å². The zero-order valence-corrected chi connectivity index (χ0v) is 18.1. The van der Waals surface area contributed by atoms with Crippen molar-refractivity contribution in [3.63, 3.8) is 0 Å². The molecule has 0 aliphatic carbocycles. The predicted octanol–water partition coefficient (Wildman–Crippen LogP) is 5.36. The highest BCUT2D eigenvalue weighted by atomic mass is 79.9. The molecule has 3 aromatic rings. The standard InChI is InChI=1S/C19H17BrClN3O3S/c1-2-12-3-6-14(7-4-12)26-10-18-23-24-19(27-18)28-11-17(25)22-13-5-8-15(20)16(21)9-13/h3-9H,2,10-11H2,1H3,(H,22,25). The Balaban J connectivity index is 1.45. The Morgan fingerprint density at radius 2 is 2.04 bits per heavy atom. The minimum absolute atomic E-state index is 0.134. The van der Waals surface area contributed by atoms with Crippen LogP contribution in [0.1, 0.15) is 18.4 Å². The molecule has 1 N–H and O–H groups in total. The van der Waals surface area contributed by atoms with Crippen molar-refractivity contribution in [3.8, 4) is 5.75 Å². The van der Waals surface area contributed by atoms with Gasteiger partial charge in [0.1, 0.15) is 5.75 Å². The highest BCUT2D eigenvalue weighted by molar-refractivity contribution is 9.10. The van der Waals surface area contributed by atoms with Gasteiger partial charge in [0.25, 0.3) is 11.1 Å². The van der Waals surface area contributed by atoms with Gasteiger partial charge in [0.2, 0.25) is 5.91 Å². The van der Waals surface area contributed by atoms with Crippen LogP contribution < -0.4 is 10.1 Å². The van der Waals surface area contributed by atoms with E-state index in [4.69, 9.17) is 20.8 Å². The van der Waals surface area contributed by atoms with Gasteiger partial charge in [0.15, 0.2) is 6.61 Å². The summed E-state index contributed by atoms with van der Waals surface area (Å²) in [4.78, 5) is 12.1. The summed E-state index contributed by atoms with van der Waals surface area (Å²) in [7, 11) is 0. The van der Waals surface area contributed by atoms with Gasteiger partial charge in [-0.25, -0.2) is 0 Å². The first-order valence-corrected chi connectivity index (χ1v) is 10.6. The second kappa shape index (κ2) is 9.95. The zero-order valence-electron chi connectivity index (χ0n) is 14.9. The number of carbonyl (C=O) groups is 1. The number of halogens is 2. The lowest BCUT2D eigenvalue weighted by molar-refractivity contribution is -0.113. The Hall–Kier alpha value is -2.03. The first-order chi connectivity index (χ1) is 13.5. The van der Waals surface area contributed by atoms with E-state index in [-0.39, 0.29) is 18.3 Å². The van der Waals surface area contributed by atoms with E-state index in [2.05, 4.69) is 38.4 Å². The largest absolute Gasteiger partial charge is 0.484 e. The number of hydrogen-bond donors (Lipinski definition) is 1. The summed E-state index contributed by atoms with van der Waals surface area (Å²) in [5.74, 6) is 1.02. The quantitative estimate of drug-likeness (QED) is 0.436. The molecule has 1 aromatic heterocycles. The summed E-state index contributed by atoms with van der Waals surface area (Å²) in [5, 5.41) is 11.4. The van der Waals surface area contributed by atoms with Crippen molar-refractivity contribution in [2.24, 2.45) is 0 Å². The van der Waals surface area contributed by atoms with Crippen LogP contribution in [-0.2, 0) is 17.8 Å². The molecule has 3 rings (SSSR count). The van der Waals surface area contributed by atoms with Crippen molar-refractivity contribution in [1.29, 1.82) is 0 Å². The Bertz CT molecular complexity index is 950. The van der Waals surface area contributed by atoms with Crippen LogP contribution in [0.3, 0.4) is 0 Å². The van der Waals surface area contributed by atoms with Crippen LogP contribution in [0, 0.1) is 0 Å². The average molecular weight is 483 g/mol. The van der Waals surface area contributed by atoms with E-state index in [1.165, 1.54) is 5.56 Å². The van der Waals surface area contributed by atoms with Crippen molar-refractivity contribution in [2.45, 2.75) is 25.2 Å². The van der Waals surface area contributed by atoms with E-state index in [1.807, 2.05) is 24.3 Å². The molecule has 0 spiro atoms. The van der Waals surface area contributed by atoms with Crippen molar-refractivity contribution >= 4 is 50.9 Å². The number of ether oxygens (including phenoxy) is 1. The summed E-state index contributed by atoms with van der Waals surface area (Å²) in [6.07, 6.45) is 0.979. The Labute approximate surface area is 180 Å². The molecular formula is C19H17BrClN3O3S. The summed E-state index contributed by atoms with van der Waals surface area (Å²) in [6, 6.07) is 13.0. The molecule has 2 aromatic carbocycles. The SMILES string of the molecule is CCc1ccc(OCc2nnc(SCC(=O)Nc3ccc(Br)c(Cl)c3)o2)cc1. The lowest BCUT2D eigenvalue weighted by Gasteiger charge is -2.05. The maximum Gasteiger partial charge on any atom is 0.277 e. The topological polar surface area (TPSA) is 77.2 Å². The van der Waals surface area contributed by atoms with Crippen LogP contribution in [0.2, 0.25) is 5.02 Å². The first-order valence-electron chi connectivity index (χ1n) is 8.45. The number of aromatic nitrogens is 2. The number of nitrogens with zero attached hydrogens (tertiary/aromatic N) is 2. The van der Waals surface area contributed by atoms with Gasteiger partial charge in [-0.1, -0.05) is 42.4 Å². The van der Waals surface area contributed by atoms with Crippen LogP contribution in [0.15, 0.2) is 56.6 Å². The Morgan fingerprint density at radius 3 is 2.75 bits per heavy atom. The van der Waals surface area contributed by atoms with Crippen LogP contribution in [-0.4, -0.2) is 21.9 Å². The number of benzene rings is 2. The second-order valence-electron chi connectivity index (χ2n) is 5.71. The van der Waals surface area contributed by atoms with E-state index < -0.39 is 0 Å². The molecule has 6 nitrogen and oxygen atoms in total. The number of hydrogen-bond acceptors (Lipinski definition) is 6. The fourth-order valence-corrected chi connectivity index (χ4v) is 3.23. The third kappa shape index (κ3) is 5.98. The first kappa shape index (κ1) is 20.7. The molecule has 0 saturated heterocycles. The minimum atomic E-state index is -0.199. The molecule has 28 heavy (non-hydrogen) atoms. The third-order valence-electron chi connectivity index (χ3n) is 3.67. The maximum absolute atomic E-state index is 12.1. The van der Waals surface area contributed by atoms with Crippen LogP contribution >= 0.6 is 39.3 Å². The smallest absolute Gasteiger partial charge is 0.277 e. The molecule has 0 unspecified atom stereocenters. The van der Waals surface area contributed by atoms with E-state index >= 15 is 0 Å². The molecule has 0 saturated carbocycles. The fraction of sp³-hybridized carbons (Fsp3) is 0.211. The minimum Gasteiger partial charge on any atom is -0.484 e. The van der Waals surface area contributed by atoms with Crippen LogP contribution in [0.25, 0.3) is 0 Å². The average Bonchev–Trinajstić information content (AvgIpc) is 3.16. The summed E-state index contributed by atoms with van der Waals surface area (Å²) < 4.78 is 11.9. The van der Waals surface area contributed by atoms with Crippen molar-refractivity contribution in [1.82, 2.24) is 10.2 Å². The molecule has 1 heterocycles. The van der Waals surface area contributed by atoms with Gasteiger partial charge < -0.3 is 14.5 Å². The third-order valence-corrected chi connectivity index (χ3v) is 5.72. The second-order valence-corrected chi connectivity index (χ2v) is 7.90. The van der Waals surface area contributed by atoms with E-state index in [0.29, 0.717) is 21.8 Å². The Morgan fingerprint density at radius 1 is 1.25 bits per heavy atom. The molecule has 0 bridgehead atoms. The molecular weight excluding hydrogens is 466 g/mol. The summed E-state index contributed by atoms with van der Waals surface area (Å²) >= 11 is 10.5. The lowest BCUT2D eigenvalue weighted by Crippen LogP contribution is -2.13. The van der Waals surface area contributed by atoms with E-state index in [0.717, 1.165) is 28.4 Å². The zero-order chi connectivity index (χ0) is 19.9. The molecule has 0 aliphatic heterocycles. The maximum atomic E-state index is 12.1.